The minimum Gasteiger partial charge on any atom is -0.496 e. The molecule has 4 N–H and O–H groups in total. The molecule has 0 aliphatic carbocycles. The number of amides is 3. The molecule has 8 aromatic rings. The number of pyridine rings is 1. The van der Waals surface area contributed by atoms with E-state index in [4.69, 9.17) is 100 Å². The van der Waals surface area contributed by atoms with Gasteiger partial charge in [0.1, 0.15) is 40.8 Å². The first-order chi connectivity index (χ1) is 61.6. The number of carbonyl (C=O) groups is 4. The topological polar surface area (TPSA) is 288 Å². The average molecular weight is 2530 g/mol. The number of para-hydroxylation sites is 3. The van der Waals surface area contributed by atoms with E-state index in [1.165, 1.54) is 88.0 Å². The van der Waals surface area contributed by atoms with Gasteiger partial charge in [0.15, 0.2) is 0 Å². The first-order valence-electron chi connectivity index (χ1n) is 33.7. The number of fused-ring (bicyclic) bond motifs is 1. The molecular weight excluding hydrogens is 2450 g/mol. The van der Waals surface area contributed by atoms with Crippen LogP contribution in [0.5, 0.6) is 17.2 Å². The molecule has 0 saturated carbocycles. The Kier molecular flexibility index (Phi) is 80.8. The number of benzene rings is 4. The number of hydrogen-bond acceptors (Lipinski definition) is 23. The number of ether oxygens (including phenoxy) is 4. The number of rotatable bonds is 25. The zero-order chi connectivity index (χ0) is 93.5. The van der Waals surface area contributed by atoms with E-state index in [2.05, 4.69) is 29.6 Å². The number of carbonyl (C=O) groups excluding carboxylic acids is 8. The summed E-state index contributed by atoms with van der Waals surface area (Å²) in [5, 5.41) is 6.16. The lowest BCUT2D eigenvalue weighted by molar-refractivity contribution is -0.193. The minimum atomic E-state index is -4.43. The number of methoxy groups -OCH3 is 3. The van der Waals surface area contributed by atoms with Gasteiger partial charge >= 0.3 is 18.3 Å². The van der Waals surface area contributed by atoms with Crippen LogP contribution in [-0.2, 0) is 411 Å². The molecule has 0 aliphatic heterocycles. The second kappa shape index (κ2) is 82.4. The van der Waals surface area contributed by atoms with Crippen LogP contribution in [0.15, 0.2) is 159 Å². The lowest BCUT2D eigenvalue weighted by Gasteiger charge is -2.28. The smallest absolute Gasteiger partial charge is 0.373 e. The van der Waals surface area contributed by atoms with Crippen molar-refractivity contribution in [1.29, 1.82) is 0 Å². The van der Waals surface area contributed by atoms with E-state index in [1.54, 1.807) is 332 Å². The Bertz CT molecular complexity index is 6600. The van der Waals surface area contributed by atoms with Crippen LogP contribution in [0.3, 0.4) is 0 Å². The second-order valence-corrected chi connectivity index (χ2v) is 84.9. The molecule has 0 unspecified atom stereocenters. The number of aromatic amines is 1. The summed E-state index contributed by atoms with van der Waals surface area (Å²) >= 11 is 30.1. The fourth-order valence-electron chi connectivity index (χ4n) is 9.35. The van der Waals surface area contributed by atoms with Gasteiger partial charge in [-0.05, 0) is 103 Å². The average Bonchev–Trinajstić information content (AvgIpc) is 0.836. The lowest BCUT2D eigenvalue weighted by atomic mass is 9.98. The number of thiophene rings is 3. The van der Waals surface area contributed by atoms with Crippen molar-refractivity contribution in [2.24, 2.45) is 5.73 Å². The van der Waals surface area contributed by atoms with Crippen LogP contribution in [0, 0.1) is 0 Å². The number of halogens is 1. The molecule has 4 heterocycles. The van der Waals surface area contributed by atoms with E-state index in [9.17, 15) is 32.4 Å². The number of hydrogen-bond donors (Lipinski definition) is 3. The molecule has 0 fully saturated rings. The number of nitrogens with one attached hydrogen (secondary N) is 2. The van der Waals surface area contributed by atoms with Crippen LogP contribution < -0.4 is 30.2 Å². The highest BCUT2D eigenvalue weighted by Crippen LogP contribution is 2.33. The van der Waals surface area contributed by atoms with Gasteiger partial charge in [0.05, 0.1) is 58.5 Å². The Labute approximate surface area is 873 Å². The quantitative estimate of drug-likeness (QED) is 0.0448. The summed E-state index contributed by atoms with van der Waals surface area (Å²) in [6, 6.07) is 36.6. The number of nitrogens with zero attached hydrogens (tertiary/aromatic N) is 3. The molecule has 0 aliphatic rings. The monoisotopic (exact) mass is 2530 g/mol. The number of aromatic nitrogens is 1. The number of H-pyrrole nitrogens is 1. The summed E-state index contributed by atoms with van der Waals surface area (Å²) in [4.78, 5) is 107. The normalized spacial score (nSPS) is 10.2. The number of nitrogens with two attached hydrogens (primary N) is 1. The largest absolute Gasteiger partial charge is 0.496 e. The van der Waals surface area contributed by atoms with E-state index in [0.29, 0.717) is 36.3 Å². The van der Waals surface area contributed by atoms with E-state index in [-0.39, 0.29) is 77.4 Å². The Morgan fingerprint density at radius 1 is 0.477 bits per heavy atom. The van der Waals surface area contributed by atoms with Crippen LogP contribution in [0.4, 0.5) is 0 Å². The SMILES string of the molecule is C.CCCN(Cc1cccs1)C(=O)[C@H](C)c1ccccc1OC.CCCN(Cc1cccs1)C(=O)[C@H](N)c1ccccc1OC.CCOC(=O)CN(Cc1cccs1)C(=O)[C@H](NS(=O)(=O)c1cc2ccc(=O)[nH]c2cc1Cl)c1ccccc1OC.O=C=O.O=C=O.S=S=S=S=S=S=S=S=S=S=S=S=S=S=S=S=S=S.S=S=S=S=S=S=S=S=S=S=S=S=S=S=S=S=S=S=S. The highest BCUT2D eigenvalue weighted by atomic mass is 35.5. The second-order valence-electron chi connectivity index (χ2n) is 21.3. The molecule has 708 valence electrons. The van der Waals surface area contributed by atoms with Crippen molar-refractivity contribution in [3.63, 3.8) is 0 Å². The highest BCUT2D eigenvalue weighted by molar-refractivity contribution is 8.79. The summed E-state index contributed by atoms with van der Waals surface area (Å²) in [5.41, 5.74) is 8.10. The predicted molar refractivity (Wildman–Crippen MR) is 623 cm³/mol. The van der Waals surface area contributed by atoms with Crippen molar-refractivity contribution in [3.8, 4) is 17.2 Å². The Morgan fingerprint density at radius 2 is 0.812 bits per heavy atom. The molecular formula is C65H75ClN6O15S41. The van der Waals surface area contributed by atoms with Gasteiger partial charge in [0.25, 0.3) is 0 Å². The van der Waals surface area contributed by atoms with Gasteiger partial charge in [-0.25, -0.2) is 8.42 Å². The Morgan fingerprint density at radius 3 is 1.16 bits per heavy atom. The third-order valence-electron chi connectivity index (χ3n) is 13.9. The molecule has 0 spiro atoms. The van der Waals surface area contributed by atoms with Crippen LogP contribution in [-0.4, -0.2) is 112 Å². The molecule has 21 nitrogen and oxygen atoms in total. The summed E-state index contributed by atoms with van der Waals surface area (Å²) in [5.74, 6) is 0.225. The Hall–Kier alpha value is -0.470. The maximum absolute atomic E-state index is 14.1. The Balaban J connectivity index is 0.000000816. The molecule has 0 radical (unpaired) electrons. The molecule has 4 aromatic heterocycles. The van der Waals surface area contributed by atoms with Gasteiger partial charge in [-0.3, -0.25) is 24.0 Å². The highest BCUT2D eigenvalue weighted by Gasteiger charge is 2.35. The zero-order valence-electron chi connectivity index (χ0n) is 65.7. The van der Waals surface area contributed by atoms with Gasteiger partial charge in [-0.2, -0.15) is 23.9 Å². The number of esters is 1. The molecule has 0 bridgehead atoms. The standard InChI is InChI=1S/C27H26ClN3O7S2.C18H23NO2S.C17H22N2O2S.2CO2.CH4.S19.S18/c1-3-38-25(33)16-31(15-18-7-6-12-39-18)27(34)26(19-8-4-5-9-22(19)37-2)30-40(35,36)23-13-17-10-11-24(32)29-21(17)14-20(23)28;1-4-11-19(13-15-8-7-12-22-15)18(20)14(2)16-9-5-6-10-17(16)21-3;1-3-10-19(12-13-7-6-11-22-13)17(20)16(18)14-8-4-5-9-15(14)21-2;2*2-1-3;;1-3-5-7-9-11-13-15-17-19-18-16-14-12-10-8-6-4-2;1-3-5-7-9-11-13-15-17-18-16-14-12-10-8-6-4-2/h4-14,26,30H,3,15-16H2,1-2H3,(H,29,32);5-10,12,14H,4,11,13H2,1-3H3;4-9,11,16H,3,10,12,18H2,1-2H3;;;1H4;;/t26-;14-;16-;;;;;/m111...../s1. The maximum atomic E-state index is 14.1. The van der Waals surface area contributed by atoms with Crippen molar-refractivity contribution in [1.82, 2.24) is 24.4 Å². The summed E-state index contributed by atoms with van der Waals surface area (Å²) in [7, 11) is 56.4. The van der Waals surface area contributed by atoms with Crippen LogP contribution in [0.2, 0.25) is 5.02 Å². The third-order valence-corrected chi connectivity index (χ3v) is 87.3. The summed E-state index contributed by atoms with van der Waals surface area (Å²) in [6.07, 6.45) is 2.35. The van der Waals surface area contributed by atoms with Gasteiger partial charge < -0.3 is 44.4 Å². The van der Waals surface area contributed by atoms with Crippen molar-refractivity contribution < 1.29 is 65.7 Å². The van der Waals surface area contributed by atoms with Crippen LogP contribution >= 0.6 is 45.6 Å². The zero-order valence-corrected chi connectivity index (χ0v) is 99.9. The molecule has 8 rings (SSSR count). The van der Waals surface area contributed by atoms with Crippen molar-refractivity contribution >= 4 is 440 Å². The van der Waals surface area contributed by atoms with E-state index < -0.39 is 40.5 Å². The molecule has 3 atom stereocenters. The fourth-order valence-corrected chi connectivity index (χ4v) is 92.8. The van der Waals surface area contributed by atoms with E-state index >= 15 is 0 Å². The fraction of sp³-hybridized carbons (Fsp3) is 0.308. The molecule has 4 aromatic carbocycles. The van der Waals surface area contributed by atoms with Crippen molar-refractivity contribution in [2.45, 2.75) is 90.5 Å². The third kappa shape index (κ3) is 55.4. The van der Waals surface area contributed by atoms with Gasteiger partial charge in [0.2, 0.25) is 33.3 Å². The minimum absolute atomic E-state index is 0. The van der Waals surface area contributed by atoms with Gasteiger partial charge in [0, 0.05) is 394 Å². The summed E-state index contributed by atoms with van der Waals surface area (Å²) < 4.78 is 51.2. The molecule has 0 saturated heterocycles. The lowest BCUT2D eigenvalue weighted by Crippen LogP contribution is -2.44. The predicted octanol–water partition coefficient (Wildman–Crippen LogP) is 10.7. The van der Waals surface area contributed by atoms with Crippen LogP contribution in [0.1, 0.15) is 97.3 Å². The number of sulfonamides is 1. The summed E-state index contributed by atoms with van der Waals surface area (Å²) in [6.45, 7) is 10.3. The van der Waals surface area contributed by atoms with E-state index in [1.807, 2.05) is 106 Å². The van der Waals surface area contributed by atoms with Gasteiger partial charge in [-0.15, -0.1) is 34.0 Å². The van der Waals surface area contributed by atoms with Gasteiger partial charge in [-0.1, -0.05) is 106 Å². The first kappa shape index (κ1) is 126. The molecule has 128 heavy (non-hydrogen) atoms. The van der Waals surface area contributed by atoms with E-state index in [0.717, 1.165) is 46.0 Å². The molecule has 3 amide bonds. The van der Waals surface area contributed by atoms with Crippen LogP contribution in [0.25, 0.3) is 10.9 Å². The maximum Gasteiger partial charge on any atom is 0.373 e. The molecule has 63 heteroatoms. The van der Waals surface area contributed by atoms with Crippen molar-refractivity contribution in [3.05, 3.63) is 196 Å². The first-order valence-corrected chi connectivity index (χ1v) is 84.9. The van der Waals surface area contributed by atoms with Crippen molar-refractivity contribution in [2.75, 3.05) is 47.6 Å².